The molecule has 0 spiro atoms. The minimum Gasteiger partial charge on any atom is -0.371 e. The topological polar surface area (TPSA) is 84.0 Å². The van der Waals surface area contributed by atoms with Gasteiger partial charge in [0.2, 0.25) is 5.91 Å². The Morgan fingerprint density at radius 2 is 1.68 bits per heavy atom. The normalized spacial score (nSPS) is 11.7. The van der Waals surface area contributed by atoms with Crippen molar-refractivity contribution in [3.05, 3.63) is 95.3 Å². The van der Waals surface area contributed by atoms with Gasteiger partial charge in [-0.05, 0) is 43.3 Å². The molecule has 0 bridgehead atoms. The van der Waals surface area contributed by atoms with E-state index in [1.54, 1.807) is 67.7 Å². The van der Waals surface area contributed by atoms with Gasteiger partial charge in [0.15, 0.2) is 5.78 Å². The van der Waals surface area contributed by atoms with Gasteiger partial charge in [-0.2, -0.15) is 0 Å². The number of benzene rings is 2. The molecule has 1 atom stereocenters. The number of nitrogens with zero attached hydrogens (tertiary/aromatic N) is 2. The van der Waals surface area contributed by atoms with Gasteiger partial charge in [0.25, 0.3) is 0 Å². The maximum Gasteiger partial charge on any atom is 0.246 e. The summed E-state index contributed by atoms with van der Waals surface area (Å²) in [6.45, 7) is 1.72. The molecule has 0 saturated heterocycles. The molecule has 0 aliphatic rings. The number of anilines is 2. The number of rotatable bonds is 6. The zero-order valence-electron chi connectivity index (χ0n) is 16.7. The van der Waals surface area contributed by atoms with Crippen LogP contribution in [0.25, 0.3) is 11.0 Å². The van der Waals surface area contributed by atoms with Gasteiger partial charge < -0.3 is 10.6 Å². The average Bonchev–Trinajstić information content (AvgIpc) is 2.81. The van der Waals surface area contributed by atoms with Gasteiger partial charge >= 0.3 is 0 Å². The highest BCUT2D eigenvalue weighted by atomic mass is 35.5. The molecule has 2 aromatic carbocycles. The molecule has 0 aliphatic carbocycles. The summed E-state index contributed by atoms with van der Waals surface area (Å²) in [5.74, 6) is -0.463. The summed E-state index contributed by atoms with van der Waals surface area (Å²) in [4.78, 5) is 34.7. The summed E-state index contributed by atoms with van der Waals surface area (Å²) in [6.07, 6.45) is 3.15. The predicted octanol–water partition coefficient (Wildman–Crippen LogP) is 4.95. The molecule has 2 heterocycles. The van der Waals surface area contributed by atoms with Crippen molar-refractivity contribution in [2.45, 2.75) is 13.0 Å². The fourth-order valence-corrected chi connectivity index (χ4v) is 3.27. The number of carbonyl (C=O) groups excluding carboxylic acids is 2. The molecule has 2 aromatic heterocycles. The molecule has 4 rings (SSSR count). The summed E-state index contributed by atoms with van der Waals surface area (Å²) in [7, 11) is 0. The van der Waals surface area contributed by atoms with E-state index in [0.717, 1.165) is 0 Å². The number of amides is 1. The largest absolute Gasteiger partial charge is 0.371 e. The average molecular weight is 431 g/mol. The number of carbonyl (C=O) groups is 2. The van der Waals surface area contributed by atoms with Crippen LogP contribution in [-0.2, 0) is 4.79 Å². The molecule has 0 aliphatic heterocycles. The highest BCUT2D eigenvalue weighted by Crippen LogP contribution is 2.27. The third-order valence-corrected chi connectivity index (χ3v) is 5.02. The summed E-state index contributed by atoms with van der Waals surface area (Å²) >= 11 is 5.90. The first kappa shape index (κ1) is 20.5. The van der Waals surface area contributed by atoms with Crippen molar-refractivity contribution in [3.63, 3.8) is 0 Å². The Morgan fingerprint density at radius 1 is 0.935 bits per heavy atom. The Bertz CT molecular complexity index is 1240. The van der Waals surface area contributed by atoms with E-state index in [-0.39, 0.29) is 11.7 Å². The van der Waals surface area contributed by atoms with Crippen LogP contribution in [0.3, 0.4) is 0 Å². The fraction of sp³-hybridized carbons (Fsp3) is 0.0833. The Kier molecular flexibility index (Phi) is 5.91. The standard InChI is InChI=1S/C24H19ClN4O2/c1-15(24(31)29-18-11-9-17(25)10-12-18)28-21-19(23(30)16-6-3-2-4-7-16)14-27-20-8-5-13-26-22(20)21/h2-15H,1H3,(H,27,28)(H,29,31). The van der Waals surface area contributed by atoms with Crippen LogP contribution < -0.4 is 10.6 Å². The van der Waals surface area contributed by atoms with Gasteiger partial charge in [-0.3, -0.25) is 19.6 Å². The molecular formula is C24H19ClN4O2. The van der Waals surface area contributed by atoms with Crippen molar-refractivity contribution in [3.8, 4) is 0 Å². The van der Waals surface area contributed by atoms with Crippen molar-refractivity contribution < 1.29 is 9.59 Å². The molecule has 1 unspecified atom stereocenters. The van der Waals surface area contributed by atoms with E-state index in [4.69, 9.17) is 11.6 Å². The number of nitrogens with one attached hydrogen (secondary N) is 2. The fourth-order valence-electron chi connectivity index (χ4n) is 3.15. The number of hydrogen-bond acceptors (Lipinski definition) is 5. The lowest BCUT2D eigenvalue weighted by Gasteiger charge is -2.19. The minimum absolute atomic E-state index is 0.200. The molecule has 1 amide bonds. The minimum atomic E-state index is -0.648. The predicted molar refractivity (Wildman–Crippen MR) is 123 cm³/mol. The van der Waals surface area contributed by atoms with Gasteiger partial charge in [-0.1, -0.05) is 41.9 Å². The van der Waals surface area contributed by atoms with Crippen LogP contribution in [0, 0.1) is 0 Å². The molecule has 0 saturated carbocycles. The van der Waals surface area contributed by atoms with Crippen LogP contribution in [0.2, 0.25) is 5.02 Å². The molecular weight excluding hydrogens is 412 g/mol. The molecule has 4 aromatic rings. The van der Waals surface area contributed by atoms with Gasteiger partial charge in [-0.25, -0.2) is 0 Å². The van der Waals surface area contributed by atoms with Gasteiger partial charge in [0, 0.05) is 28.7 Å². The lowest BCUT2D eigenvalue weighted by atomic mass is 10.0. The van der Waals surface area contributed by atoms with Crippen molar-refractivity contribution in [2.24, 2.45) is 0 Å². The van der Waals surface area contributed by atoms with E-state index in [1.165, 1.54) is 6.20 Å². The van der Waals surface area contributed by atoms with Gasteiger partial charge in [0.1, 0.15) is 11.6 Å². The zero-order valence-corrected chi connectivity index (χ0v) is 17.4. The molecule has 0 radical (unpaired) electrons. The van der Waals surface area contributed by atoms with Crippen molar-refractivity contribution in [1.29, 1.82) is 0 Å². The summed E-state index contributed by atoms with van der Waals surface area (Å²) < 4.78 is 0. The lowest BCUT2D eigenvalue weighted by Crippen LogP contribution is -2.32. The molecule has 0 fully saturated rings. The van der Waals surface area contributed by atoms with E-state index in [0.29, 0.717) is 38.6 Å². The number of ketones is 1. The number of hydrogen-bond donors (Lipinski definition) is 2. The molecule has 31 heavy (non-hydrogen) atoms. The van der Waals surface area contributed by atoms with Gasteiger partial charge in [-0.15, -0.1) is 0 Å². The Hall–Kier alpha value is -3.77. The Labute approximate surface area is 184 Å². The van der Waals surface area contributed by atoms with Gasteiger partial charge in [0.05, 0.1) is 16.8 Å². The van der Waals surface area contributed by atoms with Crippen LogP contribution in [-0.4, -0.2) is 27.7 Å². The first-order valence-corrected chi connectivity index (χ1v) is 10.1. The number of pyridine rings is 2. The van der Waals surface area contributed by atoms with Crippen LogP contribution in [0.15, 0.2) is 79.1 Å². The van der Waals surface area contributed by atoms with Crippen molar-refractivity contribution in [1.82, 2.24) is 9.97 Å². The number of aromatic nitrogens is 2. The summed E-state index contributed by atoms with van der Waals surface area (Å²) in [5, 5.41) is 6.60. The quantitative estimate of drug-likeness (QED) is 0.423. The Balaban J connectivity index is 1.67. The van der Waals surface area contributed by atoms with Crippen LogP contribution >= 0.6 is 11.6 Å². The molecule has 7 heteroatoms. The zero-order chi connectivity index (χ0) is 21.8. The van der Waals surface area contributed by atoms with Crippen molar-refractivity contribution >= 4 is 45.7 Å². The van der Waals surface area contributed by atoms with Crippen LogP contribution in [0.4, 0.5) is 11.4 Å². The maximum atomic E-state index is 13.2. The third kappa shape index (κ3) is 4.54. The second kappa shape index (κ2) is 8.93. The monoisotopic (exact) mass is 430 g/mol. The summed E-state index contributed by atoms with van der Waals surface area (Å²) in [6, 6.07) is 18.7. The third-order valence-electron chi connectivity index (χ3n) is 4.77. The molecule has 154 valence electrons. The Morgan fingerprint density at radius 3 is 2.42 bits per heavy atom. The maximum absolute atomic E-state index is 13.2. The van der Waals surface area contributed by atoms with Crippen LogP contribution in [0.1, 0.15) is 22.8 Å². The van der Waals surface area contributed by atoms with Crippen molar-refractivity contribution in [2.75, 3.05) is 10.6 Å². The van der Waals surface area contributed by atoms with E-state index in [1.807, 2.05) is 12.1 Å². The first-order chi connectivity index (χ1) is 15.0. The van der Waals surface area contributed by atoms with E-state index in [2.05, 4.69) is 20.6 Å². The SMILES string of the molecule is CC(Nc1c(C(=O)c2ccccc2)cnc2cccnc12)C(=O)Nc1ccc(Cl)cc1. The highest BCUT2D eigenvalue weighted by molar-refractivity contribution is 6.30. The summed E-state index contributed by atoms with van der Waals surface area (Å²) in [5.41, 5.74) is 3.12. The number of fused-ring (bicyclic) bond motifs is 1. The smallest absolute Gasteiger partial charge is 0.246 e. The lowest BCUT2D eigenvalue weighted by molar-refractivity contribution is -0.116. The second-order valence-corrected chi connectivity index (χ2v) is 7.41. The van der Waals surface area contributed by atoms with Crippen LogP contribution in [0.5, 0.6) is 0 Å². The van der Waals surface area contributed by atoms with E-state index in [9.17, 15) is 9.59 Å². The number of halogens is 1. The second-order valence-electron chi connectivity index (χ2n) is 6.98. The first-order valence-electron chi connectivity index (χ1n) is 9.69. The molecule has 2 N–H and O–H groups in total. The molecule has 6 nitrogen and oxygen atoms in total. The highest BCUT2D eigenvalue weighted by Gasteiger charge is 2.21. The van der Waals surface area contributed by atoms with E-state index < -0.39 is 6.04 Å². The van der Waals surface area contributed by atoms with E-state index >= 15 is 0 Å².